The van der Waals surface area contributed by atoms with E-state index >= 15 is 0 Å². The van der Waals surface area contributed by atoms with E-state index in [2.05, 4.69) is 44.2 Å². The average Bonchev–Trinajstić information content (AvgIpc) is 1.57. The Bertz CT molecular complexity index is 4980. The van der Waals surface area contributed by atoms with Gasteiger partial charge in [-0.3, -0.25) is 53.7 Å². The molecule has 5 aliphatic rings. The van der Waals surface area contributed by atoms with Gasteiger partial charge in [-0.15, -0.1) is 36.5 Å². The summed E-state index contributed by atoms with van der Waals surface area (Å²) < 4.78 is 53.0. The number of carbonyl (C=O) groups excluding carboxylic acids is 6. The van der Waals surface area contributed by atoms with Crippen LogP contribution < -0.4 is 42.4 Å². The summed E-state index contributed by atoms with van der Waals surface area (Å²) in [6, 6.07) is 66.5. The molecule has 0 spiro atoms. The van der Waals surface area contributed by atoms with Crippen molar-refractivity contribution in [1.29, 1.82) is 0 Å². The molecule has 11 atom stereocenters. The van der Waals surface area contributed by atoms with Crippen LogP contribution in [0.1, 0.15) is 153 Å². The van der Waals surface area contributed by atoms with Gasteiger partial charge in [0.25, 0.3) is 5.91 Å². The van der Waals surface area contributed by atoms with Crippen molar-refractivity contribution < 1.29 is 123 Å². The normalized spacial score (nSPS) is 17.7. The Kier molecular flexibility index (Phi) is 51.2. The zero-order chi connectivity index (χ0) is 93.6. The number of aliphatic imine (C=N–C) groups is 1. The first-order valence-electron chi connectivity index (χ1n) is 42.2. The van der Waals surface area contributed by atoms with Gasteiger partial charge >= 0.3 is 29.8 Å². The van der Waals surface area contributed by atoms with Gasteiger partial charge in [-0.25, -0.2) is 13.2 Å². The van der Waals surface area contributed by atoms with E-state index < -0.39 is 74.9 Å². The molecule has 0 radical (unpaired) electrons. The van der Waals surface area contributed by atoms with Gasteiger partial charge in [0.1, 0.15) is 79.7 Å². The minimum Gasteiger partial charge on any atom is -0.497 e. The van der Waals surface area contributed by atoms with E-state index in [-0.39, 0.29) is 146 Å². The molecular formula is C97H129Cl2N10O21PdS-. The number of carboxylic acids is 1. The zero-order valence-electron chi connectivity index (χ0n) is 76.4. The summed E-state index contributed by atoms with van der Waals surface area (Å²) in [7, 11) is -2.09. The molecule has 13 N–H and O–H groups in total. The number of aryl methyl sites for hydroxylation is 1. The maximum Gasteiger partial charge on any atom is 0.331 e. The number of hydroxylamine groups is 4. The fourth-order valence-corrected chi connectivity index (χ4v) is 14.4. The summed E-state index contributed by atoms with van der Waals surface area (Å²) in [5.41, 5.74) is 20.8. The Labute approximate surface area is 801 Å². The number of nitrogens with one attached hydrogen (secondary N) is 6. The zero-order valence-corrected chi connectivity index (χ0v) is 80.4. The molecule has 2 aliphatic heterocycles. The Morgan fingerprint density at radius 1 is 0.591 bits per heavy atom. The maximum absolute atomic E-state index is 13.1. The quantitative estimate of drug-likeness (QED) is 0.00266. The average molecular weight is 1980 g/mol. The third-order valence-electron chi connectivity index (χ3n) is 20.9. The number of aliphatic carboxylic acids is 1. The summed E-state index contributed by atoms with van der Waals surface area (Å²) in [5, 5.41) is 50.7. The molecule has 132 heavy (non-hydrogen) atoms. The van der Waals surface area contributed by atoms with E-state index in [1.165, 1.54) is 5.56 Å². The van der Waals surface area contributed by atoms with Crippen molar-refractivity contribution >= 4 is 88.4 Å². The number of carbonyl (C=O) groups is 7. The van der Waals surface area contributed by atoms with Gasteiger partial charge in [0.15, 0.2) is 6.23 Å². The number of benzene rings is 8. The molecule has 0 aromatic heterocycles. The van der Waals surface area contributed by atoms with Gasteiger partial charge in [0.05, 0.1) is 18.4 Å². The SMILES string of the molecule is C=C[C@@H]1C[C@]1(NC(=O)[C@@H]1C[C@@H](ON=C2c3ccccc3-c3ccccc32)CN1)C(=O)NS(=O)(=O)C1CC1.CC(C)[C@H](N)C(=O)OCc1ccccc1.CC(C)[C@H](NO)C(=O)O.CC(C)[C@H](NO)C(=O)OCc1ccccc1.COc1ccc(C2ON2[C@H](C(=O)OCc2ccccc2)C(C)C)cc1.Cc1ccc(C=N[C@H](C(=O)OCc2ccccc2)C(C)C)cc1.Cl.Cl.ONO.[CH3-].[HH].[Pd]. The van der Waals surface area contributed by atoms with Crippen LogP contribution >= 0.6 is 24.8 Å². The fraction of sp³-hybridized carbons (Fsp3) is 0.381. The van der Waals surface area contributed by atoms with Gasteiger partial charge in [-0.2, -0.15) is 11.0 Å². The van der Waals surface area contributed by atoms with Crippen molar-refractivity contribution in [2.45, 2.75) is 188 Å². The Hall–Kier alpha value is -10.5. The van der Waals surface area contributed by atoms with E-state index in [9.17, 15) is 42.0 Å². The number of fused-ring (bicyclic) bond motifs is 3. The number of methoxy groups -OCH3 is 1. The van der Waals surface area contributed by atoms with Crippen LogP contribution in [0.4, 0.5) is 0 Å². The van der Waals surface area contributed by atoms with Crippen LogP contribution in [0.5, 0.6) is 5.75 Å². The number of ether oxygens (including phenoxy) is 5. The van der Waals surface area contributed by atoms with Crippen molar-refractivity contribution in [2.24, 2.45) is 51.4 Å². The molecule has 3 aliphatic carbocycles. The smallest absolute Gasteiger partial charge is 0.331 e. The summed E-state index contributed by atoms with van der Waals surface area (Å²) >= 11 is 0. The molecule has 724 valence electrons. The number of hydrogen-bond acceptors (Lipinski definition) is 28. The van der Waals surface area contributed by atoms with E-state index in [0.29, 0.717) is 38.8 Å². The van der Waals surface area contributed by atoms with E-state index in [4.69, 9.17) is 65.0 Å². The number of carboxylic acid groups (broad SMARTS) is 1. The molecule has 2 saturated carbocycles. The number of amides is 2. The minimum absolute atomic E-state index is 0. The summed E-state index contributed by atoms with van der Waals surface area (Å²) in [6.07, 6.45) is 4.53. The largest absolute Gasteiger partial charge is 0.497 e. The number of esters is 4. The van der Waals surface area contributed by atoms with Crippen LogP contribution in [-0.2, 0) is 119 Å². The second-order valence-corrected chi connectivity index (χ2v) is 34.5. The van der Waals surface area contributed by atoms with Crippen LogP contribution in [0.2, 0.25) is 0 Å². The van der Waals surface area contributed by atoms with E-state index in [1.54, 1.807) is 43.8 Å². The molecule has 13 rings (SSSR count). The molecule has 2 saturated heterocycles. The van der Waals surface area contributed by atoms with Gasteiger partial charge in [0, 0.05) is 58.1 Å². The Morgan fingerprint density at radius 2 is 1.02 bits per heavy atom. The predicted molar refractivity (Wildman–Crippen MR) is 505 cm³/mol. The van der Waals surface area contributed by atoms with E-state index in [0.717, 1.165) is 72.7 Å². The standard InChI is InChI=1S/C27H28N4O5S.C20H23NO4.C20H23NO2.C12H17NO3.C12H17NO2.C5H11NO3.CH3.2ClH.H3NO2.Pd.H2/c1-2-16-14-27(16,26(33)31-37(34,35)18-11-12-18)29-25(32)23-13-17(15-28-23)36-30-24-21-9-5-3-7-19(21)20-8-4-6-10-22(20)24;1-14(2)18(20(22)24-13-15-7-5-4-6-8-15)21-19(25-21)16-9-11-17(23-3)12-10-16;1-15(2)19(21-13-17-11-9-16(3)10-12-17)20(22)23-14-18-7-5-4-6-8-18;1-9(2)11(13-15)12(14)16-8-10-6-4-3-5-7-10;1-9(2)11(13)12(14)15-8-10-6-4-3-5-7-10;1-3(2)4(6-9)5(7)8;;;;2-1-3;;/h2-10,16-18,23,28H,1,11-15H2,(H,29,32)(H,31,33);4-12,14,18-19H,13H2,1-3H3;4-13,15,19H,14H2,1-3H3;3-7,9,11,13,15H,8H2,1-2H3;3-7,9,11H,8,13H2,1-2H3;3-4,6,9H,1-2H3,(H,7,8);1H3;2*1H;1-3H;;1H/q;;;;;;-1;;;;;/t16-,17-,23+,27-;18-,19?,21?;19-;2*11-;4-;;;;;;/m100000....../s1. The van der Waals surface area contributed by atoms with Crippen molar-refractivity contribution in [3.05, 3.63) is 289 Å². The van der Waals surface area contributed by atoms with Crippen molar-refractivity contribution in [1.82, 2.24) is 37.0 Å². The number of rotatable bonds is 33. The number of sulfonamides is 1. The second-order valence-electron chi connectivity index (χ2n) is 32.6. The van der Waals surface area contributed by atoms with Crippen molar-refractivity contribution in [3.8, 4) is 16.9 Å². The first kappa shape index (κ1) is 116. The molecule has 35 heteroatoms. The Morgan fingerprint density at radius 3 is 1.41 bits per heavy atom. The molecule has 2 amide bonds. The molecule has 31 nitrogen and oxygen atoms in total. The van der Waals surface area contributed by atoms with Crippen LogP contribution in [0, 0.1) is 49.9 Å². The summed E-state index contributed by atoms with van der Waals surface area (Å²) in [4.78, 5) is 99.9. The molecule has 2 heterocycles. The topological polar surface area (TPSA) is 449 Å². The van der Waals surface area contributed by atoms with Gasteiger partial charge in [-0.05, 0) is 112 Å². The minimum atomic E-state index is -3.72. The molecular weight excluding hydrogens is 1850 g/mol. The third kappa shape index (κ3) is 36.5. The van der Waals surface area contributed by atoms with Crippen LogP contribution in [-0.4, -0.2) is 160 Å². The first-order valence-corrected chi connectivity index (χ1v) is 43.8. The van der Waals surface area contributed by atoms with Crippen molar-refractivity contribution in [2.75, 3.05) is 13.7 Å². The van der Waals surface area contributed by atoms with Gasteiger partial charge in [-0.1, -0.05) is 298 Å². The molecule has 8 aromatic rings. The molecule has 8 aromatic carbocycles. The number of halogens is 2. The number of nitrogens with two attached hydrogens (primary N) is 1. The summed E-state index contributed by atoms with van der Waals surface area (Å²) in [6.45, 7) is 26.0. The summed E-state index contributed by atoms with van der Waals surface area (Å²) in [5.74, 6) is -2.84. The van der Waals surface area contributed by atoms with E-state index in [1.807, 2.05) is 274 Å². The van der Waals surface area contributed by atoms with Crippen LogP contribution in [0.3, 0.4) is 0 Å². The second kappa shape index (κ2) is 58.5. The molecule has 2 unspecified atom stereocenters. The third-order valence-corrected chi connectivity index (χ3v) is 22.7. The monoisotopic (exact) mass is 1980 g/mol. The molecule has 0 bridgehead atoms. The molecule has 4 fully saturated rings. The number of hydrogen-bond donors (Lipinski definition) is 12. The maximum atomic E-state index is 13.1. The first-order chi connectivity index (χ1) is 61.2. The number of nitrogens with zero attached hydrogens (tertiary/aromatic N) is 3. The van der Waals surface area contributed by atoms with Gasteiger partial charge < -0.3 is 67.8 Å². The Balaban J connectivity index is 0.000000558. The predicted octanol–water partition coefficient (Wildman–Crippen LogP) is 14.1. The van der Waals surface area contributed by atoms with Crippen LogP contribution in [0.25, 0.3) is 11.1 Å². The van der Waals surface area contributed by atoms with Gasteiger partial charge in [0.2, 0.25) is 15.9 Å². The van der Waals surface area contributed by atoms with Crippen LogP contribution in [0.15, 0.2) is 241 Å². The number of oxime groups is 1. The fourth-order valence-electron chi connectivity index (χ4n) is 13.0. The van der Waals surface area contributed by atoms with Crippen molar-refractivity contribution in [3.63, 3.8) is 0 Å².